The van der Waals surface area contributed by atoms with Crippen LogP contribution in [0, 0.1) is 13.8 Å². The second kappa shape index (κ2) is 7.54. The summed E-state index contributed by atoms with van der Waals surface area (Å²) in [6.45, 7) is 4.13. The van der Waals surface area contributed by atoms with E-state index < -0.39 is 0 Å². The van der Waals surface area contributed by atoms with Crippen LogP contribution in [0.2, 0.25) is 0 Å². The van der Waals surface area contributed by atoms with Crippen molar-refractivity contribution in [3.63, 3.8) is 0 Å². The first-order valence-electron chi connectivity index (χ1n) is 8.46. The lowest BCUT2D eigenvalue weighted by Gasteiger charge is -2.22. The largest absolute Gasteiger partial charge is 0.375 e. The number of aromatic nitrogens is 1. The van der Waals surface area contributed by atoms with Crippen molar-refractivity contribution in [2.24, 2.45) is 0 Å². The fraction of sp³-hybridized carbons (Fsp3) is 0.238. The molecule has 0 radical (unpaired) electrons. The van der Waals surface area contributed by atoms with Crippen molar-refractivity contribution < 1.29 is 9.53 Å². The molecular weight excluding hydrogens is 328 g/mol. The van der Waals surface area contributed by atoms with Crippen molar-refractivity contribution in [3.8, 4) is 0 Å². The maximum absolute atomic E-state index is 12.6. The number of hydrogen-bond donors (Lipinski definition) is 1. The summed E-state index contributed by atoms with van der Waals surface area (Å²) in [5, 5.41) is 0.947. The number of pyridine rings is 1. The van der Waals surface area contributed by atoms with Gasteiger partial charge in [0.25, 0.3) is 11.5 Å². The number of methoxy groups -OCH3 is 1. The lowest BCUT2D eigenvalue weighted by atomic mass is 10.1. The van der Waals surface area contributed by atoms with Gasteiger partial charge in [0.2, 0.25) is 0 Å². The van der Waals surface area contributed by atoms with Gasteiger partial charge in [-0.15, -0.1) is 0 Å². The first kappa shape index (κ1) is 17.9. The molecule has 1 amide bonds. The number of nitrogens with one attached hydrogen (secondary N) is 1. The van der Waals surface area contributed by atoms with Crippen molar-refractivity contribution in [2.45, 2.75) is 20.4 Å². The van der Waals surface area contributed by atoms with Gasteiger partial charge in [0, 0.05) is 23.9 Å². The lowest BCUT2D eigenvalue weighted by Crippen LogP contribution is -2.35. The van der Waals surface area contributed by atoms with Gasteiger partial charge in [0.05, 0.1) is 6.54 Å². The third-order valence-electron chi connectivity index (χ3n) is 4.32. The third kappa shape index (κ3) is 3.83. The molecule has 1 aromatic heterocycles. The standard InChI is InChI=1S/C21H22N2O3/c1-14-4-7-18(8-5-14)23(20(24)13-26-3)12-17-11-16-10-15(2)6-9-19(16)22-21(17)25/h4-11H,12-13H2,1-3H3,(H,22,25). The second-order valence-electron chi connectivity index (χ2n) is 6.46. The molecule has 134 valence electrons. The minimum Gasteiger partial charge on any atom is -0.375 e. The average Bonchev–Trinajstić information content (AvgIpc) is 2.61. The van der Waals surface area contributed by atoms with Gasteiger partial charge >= 0.3 is 0 Å². The summed E-state index contributed by atoms with van der Waals surface area (Å²) < 4.78 is 5.01. The quantitative estimate of drug-likeness (QED) is 0.768. The van der Waals surface area contributed by atoms with E-state index in [0.717, 1.165) is 27.7 Å². The Morgan fingerprint density at radius 2 is 1.73 bits per heavy atom. The normalized spacial score (nSPS) is 10.9. The zero-order valence-electron chi connectivity index (χ0n) is 15.2. The predicted molar refractivity (Wildman–Crippen MR) is 104 cm³/mol. The second-order valence-corrected chi connectivity index (χ2v) is 6.46. The Morgan fingerprint density at radius 3 is 2.42 bits per heavy atom. The van der Waals surface area contributed by atoms with Gasteiger partial charge in [-0.25, -0.2) is 0 Å². The molecule has 3 rings (SSSR count). The van der Waals surface area contributed by atoms with E-state index in [2.05, 4.69) is 4.98 Å². The molecule has 5 heteroatoms. The number of aryl methyl sites for hydroxylation is 2. The van der Waals surface area contributed by atoms with Crippen LogP contribution in [0.25, 0.3) is 10.9 Å². The molecular formula is C21H22N2O3. The molecule has 2 aromatic carbocycles. The number of nitrogens with zero attached hydrogens (tertiary/aromatic N) is 1. The fourth-order valence-corrected chi connectivity index (χ4v) is 2.91. The summed E-state index contributed by atoms with van der Waals surface area (Å²) in [6.07, 6.45) is 0. The van der Waals surface area contributed by atoms with Crippen LogP contribution in [0.15, 0.2) is 53.3 Å². The molecule has 0 aliphatic rings. The fourth-order valence-electron chi connectivity index (χ4n) is 2.91. The highest BCUT2D eigenvalue weighted by Crippen LogP contribution is 2.19. The van der Waals surface area contributed by atoms with Crippen molar-refractivity contribution in [3.05, 3.63) is 75.6 Å². The van der Waals surface area contributed by atoms with Gasteiger partial charge < -0.3 is 14.6 Å². The smallest absolute Gasteiger partial charge is 0.253 e. The number of rotatable bonds is 5. The topological polar surface area (TPSA) is 62.4 Å². The van der Waals surface area contributed by atoms with E-state index >= 15 is 0 Å². The van der Waals surface area contributed by atoms with Crippen molar-refractivity contribution in [1.82, 2.24) is 4.98 Å². The van der Waals surface area contributed by atoms with E-state index in [1.54, 1.807) is 4.90 Å². The summed E-state index contributed by atoms with van der Waals surface area (Å²) in [5.74, 6) is -0.194. The number of anilines is 1. The highest BCUT2D eigenvalue weighted by molar-refractivity contribution is 5.94. The molecule has 0 spiro atoms. The van der Waals surface area contributed by atoms with Gasteiger partial charge in [-0.3, -0.25) is 9.59 Å². The van der Waals surface area contributed by atoms with Gasteiger partial charge in [0.1, 0.15) is 6.61 Å². The molecule has 0 unspecified atom stereocenters. The van der Waals surface area contributed by atoms with Crippen LogP contribution in [-0.2, 0) is 16.1 Å². The minimum absolute atomic E-state index is 0.0432. The van der Waals surface area contributed by atoms with Gasteiger partial charge in [-0.1, -0.05) is 29.3 Å². The zero-order valence-corrected chi connectivity index (χ0v) is 15.2. The molecule has 3 aromatic rings. The SMILES string of the molecule is COCC(=O)N(Cc1cc2cc(C)ccc2[nH]c1=O)c1ccc(C)cc1. The molecule has 1 N–H and O–H groups in total. The number of hydrogen-bond acceptors (Lipinski definition) is 3. The molecule has 0 saturated heterocycles. The van der Waals surface area contributed by atoms with Crippen LogP contribution >= 0.6 is 0 Å². The molecule has 0 aliphatic carbocycles. The van der Waals surface area contributed by atoms with Crippen molar-refractivity contribution in [1.29, 1.82) is 0 Å². The van der Waals surface area contributed by atoms with E-state index in [4.69, 9.17) is 4.74 Å². The number of fused-ring (bicyclic) bond motifs is 1. The maximum Gasteiger partial charge on any atom is 0.253 e. The third-order valence-corrected chi connectivity index (χ3v) is 4.32. The summed E-state index contributed by atoms with van der Waals surface area (Å²) in [4.78, 5) is 29.5. The average molecular weight is 350 g/mol. The summed E-state index contributed by atoms with van der Waals surface area (Å²) in [7, 11) is 1.48. The monoisotopic (exact) mass is 350 g/mol. The van der Waals surface area contributed by atoms with Crippen LogP contribution in [-0.4, -0.2) is 24.6 Å². The first-order chi connectivity index (χ1) is 12.5. The Labute approximate surface area is 152 Å². The van der Waals surface area contributed by atoms with Crippen LogP contribution in [0.1, 0.15) is 16.7 Å². The van der Waals surface area contributed by atoms with E-state index in [1.165, 1.54) is 7.11 Å². The summed E-state index contributed by atoms with van der Waals surface area (Å²) >= 11 is 0. The lowest BCUT2D eigenvalue weighted by molar-refractivity contribution is -0.122. The van der Waals surface area contributed by atoms with Crippen molar-refractivity contribution in [2.75, 3.05) is 18.6 Å². The Hall–Kier alpha value is -2.92. The predicted octanol–water partition coefficient (Wildman–Crippen LogP) is 3.32. The number of ether oxygens (including phenoxy) is 1. The number of carbonyl (C=O) groups excluding carboxylic acids is 1. The van der Waals surface area contributed by atoms with Crippen LogP contribution in [0.3, 0.4) is 0 Å². The van der Waals surface area contributed by atoms with Crippen LogP contribution < -0.4 is 10.5 Å². The van der Waals surface area contributed by atoms with Gasteiger partial charge in [0.15, 0.2) is 0 Å². The first-order valence-corrected chi connectivity index (χ1v) is 8.46. The maximum atomic E-state index is 12.6. The van der Waals surface area contributed by atoms with Crippen LogP contribution in [0.5, 0.6) is 0 Å². The molecule has 0 bridgehead atoms. The Morgan fingerprint density at radius 1 is 1.04 bits per heavy atom. The van der Waals surface area contributed by atoms with E-state index in [0.29, 0.717) is 5.56 Å². The zero-order chi connectivity index (χ0) is 18.7. The molecule has 0 atom stereocenters. The molecule has 1 heterocycles. The van der Waals surface area contributed by atoms with Crippen LogP contribution in [0.4, 0.5) is 5.69 Å². The Balaban J connectivity index is 2.01. The highest BCUT2D eigenvalue weighted by atomic mass is 16.5. The summed E-state index contributed by atoms with van der Waals surface area (Å²) in [6, 6.07) is 15.4. The number of amides is 1. The Kier molecular flexibility index (Phi) is 5.19. The molecule has 0 aliphatic heterocycles. The molecule has 0 fully saturated rings. The molecule has 5 nitrogen and oxygen atoms in total. The number of benzene rings is 2. The minimum atomic E-state index is -0.194. The number of aromatic amines is 1. The number of carbonyl (C=O) groups is 1. The molecule has 0 saturated carbocycles. The van der Waals surface area contributed by atoms with E-state index in [-0.39, 0.29) is 24.6 Å². The van der Waals surface area contributed by atoms with Crippen molar-refractivity contribution >= 4 is 22.5 Å². The number of H-pyrrole nitrogens is 1. The van der Waals surface area contributed by atoms with Gasteiger partial charge in [-0.2, -0.15) is 0 Å². The van der Waals surface area contributed by atoms with E-state index in [1.807, 2.05) is 62.4 Å². The highest BCUT2D eigenvalue weighted by Gasteiger charge is 2.18. The van der Waals surface area contributed by atoms with Gasteiger partial charge in [-0.05, 0) is 49.6 Å². The Bertz CT molecular complexity index is 990. The summed E-state index contributed by atoms with van der Waals surface area (Å²) in [5.41, 5.74) is 4.08. The van der Waals surface area contributed by atoms with E-state index in [9.17, 15) is 9.59 Å². The molecule has 26 heavy (non-hydrogen) atoms.